The van der Waals surface area contributed by atoms with Gasteiger partial charge in [0.05, 0.1) is 20.3 Å². The highest BCUT2D eigenvalue weighted by Gasteiger charge is 2.35. The zero-order valence-electron chi connectivity index (χ0n) is 12.3. The molecule has 1 aromatic carbocycles. The van der Waals surface area contributed by atoms with Crippen molar-refractivity contribution < 1.29 is 19.4 Å². The zero-order valence-corrected chi connectivity index (χ0v) is 12.3. The molecule has 2 rings (SSSR count). The summed E-state index contributed by atoms with van der Waals surface area (Å²) in [5.41, 5.74) is 1.06. The van der Waals surface area contributed by atoms with Crippen molar-refractivity contribution in [1.82, 2.24) is 0 Å². The number of rotatable bonds is 5. The molecule has 0 aliphatic heterocycles. The van der Waals surface area contributed by atoms with Crippen LogP contribution in [0, 0.1) is 11.8 Å². The predicted molar refractivity (Wildman–Crippen MR) is 76.2 cm³/mol. The van der Waals surface area contributed by atoms with E-state index in [2.05, 4.69) is 0 Å². The van der Waals surface area contributed by atoms with Crippen LogP contribution in [0.3, 0.4) is 0 Å². The minimum Gasteiger partial charge on any atom is -0.497 e. The van der Waals surface area contributed by atoms with Crippen LogP contribution in [0.15, 0.2) is 18.2 Å². The molecule has 0 aromatic heterocycles. The first kappa shape index (κ1) is 14.9. The van der Waals surface area contributed by atoms with Crippen molar-refractivity contribution in [2.45, 2.75) is 32.3 Å². The van der Waals surface area contributed by atoms with Gasteiger partial charge in [-0.2, -0.15) is 0 Å². The lowest BCUT2D eigenvalue weighted by Crippen LogP contribution is -2.15. The monoisotopic (exact) mass is 278 g/mol. The van der Waals surface area contributed by atoms with Gasteiger partial charge in [0.25, 0.3) is 0 Å². The molecule has 0 radical (unpaired) electrons. The Hall–Kier alpha value is -1.55. The number of ether oxygens (including phenoxy) is 2. The second-order valence-corrected chi connectivity index (χ2v) is 5.53. The molecule has 0 bridgehead atoms. The largest absolute Gasteiger partial charge is 0.497 e. The average molecular weight is 278 g/mol. The van der Waals surface area contributed by atoms with Crippen LogP contribution in [-0.4, -0.2) is 31.2 Å². The Bertz CT molecular complexity index is 461. The maximum Gasteiger partial charge on any atom is 0.133 e. The number of carbonyl (C=O) groups excluding carboxylic acids is 1. The van der Waals surface area contributed by atoms with Crippen LogP contribution in [0.5, 0.6) is 11.5 Å². The lowest BCUT2D eigenvalue weighted by molar-refractivity contribution is -0.120. The molecular formula is C16H22O4. The molecule has 1 aromatic rings. The van der Waals surface area contributed by atoms with Crippen molar-refractivity contribution >= 4 is 5.78 Å². The SMILES string of the molecule is COc1cc(C[C@H]2C[C@H](C(C)=O)CC2O)cc(OC)c1. The third-order valence-corrected chi connectivity index (χ3v) is 4.14. The number of aliphatic hydroxyl groups is 1. The lowest BCUT2D eigenvalue weighted by Gasteiger charge is -2.15. The molecule has 20 heavy (non-hydrogen) atoms. The summed E-state index contributed by atoms with van der Waals surface area (Å²) in [5.74, 6) is 1.79. The highest BCUT2D eigenvalue weighted by Crippen LogP contribution is 2.35. The van der Waals surface area contributed by atoms with Crippen molar-refractivity contribution in [1.29, 1.82) is 0 Å². The van der Waals surface area contributed by atoms with Crippen molar-refractivity contribution in [3.8, 4) is 11.5 Å². The van der Waals surface area contributed by atoms with Gasteiger partial charge in [-0.15, -0.1) is 0 Å². The first-order chi connectivity index (χ1) is 9.53. The molecule has 0 heterocycles. The second-order valence-electron chi connectivity index (χ2n) is 5.53. The van der Waals surface area contributed by atoms with Gasteiger partial charge in [0, 0.05) is 12.0 Å². The molecule has 4 nitrogen and oxygen atoms in total. The summed E-state index contributed by atoms with van der Waals surface area (Å²) < 4.78 is 10.5. The van der Waals surface area contributed by atoms with E-state index in [4.69, 9.17) is 9.47 Å². The molecule has 110 valence electrons. The van der Waals surface area contributed by atoms with Gasteiger partial charge < -0.3 is 14.6 Å². The van der Waals surface area contributed by atoms with Crippen LogP contribution in [0.25, 0.3) is 0 Å². The number of carbonyl (C=O) groups is 1. The van der Waals surface area contributed by atoms with E-state index in [9.17, 15) is 9.90 Å². The highest BCUT2D eigenvalue weighted by atomic mass is 16.5. The minimum atomic E-state index is -0.402. The Morgan fingerprint density at radius 1 is 1.20 bits per heavy atom. The molecular weight excluding hydrogens is 256 g/mol. The molecule has 1 fully saturated rings. The van der Waals surface area contributed by atoms with E-state index in [0.717, 1.165) is 29.9 Å². The maximum atomic E-state index is 11.4. The summed E-state index contributed by atoms with van der Waals surface area (Å²) in [7, 11) is 3.24. The Morgan fingerprint density at radius 3 is 2.25 bits per heavy atom. The number of benzene rings is 1. The molecule has 4 heteroatoms. The Balaban J connectivity index is 2.11. The summed E-state index contributed by atoms with van der Waals surface area (Å²) >= 11 is 0. The van der Waals surface area contributed by atoms with Crippen molar-refractivity contribution in [3.05, 3.63) is 23.8 Å². The first-order valence-corrected chi connectivity index (χ1v) is 6.94. The van der Waals surface area contributed by atoms with Crippen molar-refractivity contribution in [2.75, 3.05) is 14.2 Å². The van der Waals surface area contributed by atoms with Gasteiger partial charge >= 0.3 is 0 Å². The number of hydrogen-bond donors (Lipinski definition) is 1. The molecule has 1 unspecified atom stereocenters. The molecule has 0 amide bonds. The minimum absolute atomic E-state index is 0.00232. The van der Waals surface area contributed by atoms with E-state index >= 15 is 0 Å². The Morgan fingerprint density at radius 2 is 1.80 bits per heavy atom. The topological polar surface area (TPSA) is 55.8 Å². The number of hydrogen-bond acceptors (Lipinski definition) is 4. The summed E-state index contributed by atoms with van der Waals surface area (Å²) in [5, 5.41) is 10.1. The average Bonchev–Trinajstić information content (AvgIpc) is 2.80. The Labute approximate surface area is 119 Å². The zero-order chi connectivity index (χ0) is 14.7. The van der Waals surface area contributed by atoms with E-state index in [-0.39, 0.29) is 17.6 Å². The summed E-state index contributed by atoms with van der Waals surface area (Å²) in [6.07, 6.45) is 1.68. The van der Waals surface area contributed by atoms with E-state index in [0.29, 0.717) is 6.42 Å². The first-order valence-electron chi connectivity index (χ1n) is 6.94. The molecule has 3 atom stereocenters. The van der Waals surface area contributed by atoms with Crippen LogP contribution >= 0.6 is 0 Å². The van der Waals surface area contributed by atoms with Gasteiger partial charge in [0.2, 0.25) is 0 Å². The molecule has 1 saturated carbocycles. The van der Waals surface area contributed by atoms with E-state index in [1.807, 2.05) is 18.2 Å². The molecule has 1 N–H and O–H groups in total. The third kappa shape index (κ3) is 3.31. The van der Waals surface area contributed by atoms with Gasteiger partial charge in [0.15, 0.2) is 0 Å². The van der Waals surface area contributed by atoms with Gasteiger partial charge in [-0.1, -0.05) is 0 Å². The summed E-state index contributed by atoms with van der Waals surface area (Å²) in [4.78, 5) is 11.4. The van der Waals surface area contributed by atoms with Crippen LogP contribution < -0.4 is 9.47 Å². The van der Waals surface area contributed by atoms with E-state index in [1.54, 1.807) is 21.1 Å². The van der Waals surface area contributed by atoms with Gasteiger partial charge in [-0.25, -0.2) is 0 Å². The van der Waals surface area contributed by atoms with Crippen molar-refractivity contribution in [3.63, 3.8) is 0 Å². The number of methoxy groups -OCH3 is 2. The molecule has 1 aliphatic rings. The fourth-order valence-electron chi connectivity index (χ4n) is 2.94. The predicted octanol–water partition coefficient (Wildman–Crippen LogP) is 2.22. The van der Waals surface area contributed by atoms with E-state index < -0.39 is 6.10 Å². The van der Waals surface area contributed by atoms with Crippen molar-refractivity contribution in [2.24, 2.45) is 11.8 Å². The summed E-state index contributed by atoms with van der Waals surface area (Å²) in [6, 6.07) is 5.74. The maximum absolute atomic E-state index is 11.4. The second kappa shape index (κ2) is 6.27. The smallest absolute Gasteiger partial charge is 0.133 e. The van der Waals surface area contributed by atoms with Gasteiger partial charge in [-0.05, 0) is 49.8 Å². The van der Waals surface area contributed by atoms with Crippen LogP contribution in [0.2, 0.25) is 0 Å². The Kier molecular flexibility index (Phi) is 4.65. The molecule has 0 spiro atoms. The standard InChI is InChI=1S/C16H22O4/c1-10(17)12-7-13(16(18)8-12)4-11-5-14(19-2)9-15(6-11)20-3/h5-6,9,12-13,16,18H,4,7-8H2,1-3H3/t12-,13-,16?/m0/s1. The van der Waals surface area contributed by atoms with Crippen LogP contribution in [0.4, 0.5) is 0 Å². The summed E-state index contributed by atoms with van der Waals surface area (Å²) in [6.45, 7) is 1.61. The number of Topliss-reactive ketones (excluding diaryl/α,β-unsaturated/α-hetero) is 1. The highest BCUT2D eigenvalue weighted by molar-refractivity contribution is 5.78. The van der Waals surface area contributed by atoms with E-state index in [1.165, 1.54) is 0 Å². The fraction of sp³-hybridized carbons (Fsp3) is 0.562. The number of aliphatic hydroxyl groups excluding tert-OH is 1. The lowest BCUT2D eigenvalue weighted by atomic mass is 9.94. The third-order valence-electron chi connectivity index (χ3n) is 4.14. The fourth-order valence-corrected chi connectivity index (χ4v) is 2.94. The van der Waals surface area contributed by atoms with Gasteiger partial charge in [0.1, 0.15) is 17.3 Å². The normalized spacial score (nSPS) is 25.5. The molecule has 0 saturated heterocycles. The van der Waals surface area contributed by atoms with Gasteiger partial charge in [-0.3, -0.25) is 4.79 Å². The van der Waals surface area contributed by atoms with Crippen LogP contribution in [0.1, 0.15) is 25.3 Å². The molecule has 1 aliphatic carbocycles. The quantitative estimate of drug-likeness (QED) is 0.897. The number of ketones is 1. The van der Waals surface area contributed by atoms with Crippen LogP contribution in [-0.2, 0) is 11.2 Å².